The van der Waals surface area contributed by atoms with E-state index >= 15 is 0 Å². The van der Waals surface area contributed by atoms with E-state index in [0.29, 0.717) is 24.5 Å². The van der Waals surface area contributed by atoms with E-state index in [4.69, 9.17) is 30.5 Å². The maximum Gasteiger partial charge on any atom is 0.281 e. The molecule has 0 saturated carbocycles. The van der Waals surface area contributed by atoms with Gasteiger partial charge in [0.25, 0.3) is 5.79 Å². The predicted molar refractivity (Wildman–Crippen MR) is 95.8 cm³/mol. The molecule has 0 aromatic heterocycles. The van der Waals surface area contributed by atoms with Crippen molar-refractivity contribution in [2.24, 2.45) is 0 Å². The minimum absolute atomic E-state index is 0.0363. The summed E-state index contributed by atoms with van der Waals surface area (Å²) in [6.07, 6.45) is 2.30. The van der Waals surface area contributed by atoms with E-state index in [9.17, 15) is 8.78 Å². The van der Waals surface area contributed by atoms with Crippen LogP contribution in [0.15, 0.2) is 36.4 Å². The van der Waals surface area contributed by atoms with Crippen molar-refractivity contribution in [1.29, 1.82) is 0 Å². The minimum Gasteiger partial charge on any atom is -0.444 e. The molecule has 2 aliphatic rings. The van der Waals surface area contributed by atoms with Crippen LogP contribution in [-0.2, 0) is 15.3 Å². The molecule has 0 aliphatic carbocycles. The summed E-state index contributed by atoms with van der Waals surface area (Å²) in [5.74, 6) is -2.50. The van der Waals surface area contributed by atoms with Gasteiger partial charge >= 0.3 is 0 Å². The molecule has 0 spiro atoms. The lowest BCUT2D eigenvalue weighted by atomic mass is 10.0. The molecule has 7 heteroatoms. The molecule has 0 radical (unpaired) electrons. The highest BCUT2D eigenvalue weighted by Crippen LogP contribution is 2.49. The average Bonchev–Trinajstić information content (AvgIpc) is 2.97. The Balaban J connectivity index is 1.72. The number of halogens is 3. The van der Waals surface area contributed by atoms with Gasteiger partial charge in [-0.2, -0.15) is 0 Å². The number of para-hydroxylation sites is 1. The Bertz CT molecular complexity index is 907. The Labute approximate surface area is 160 Å². The fraction of sp³-hybridized carbons (Fsp3) is 0.300. The SMILES string of the molecule is COC1CC=C(c2cccc3c2OC(C)(c2c(F)cc(Cl)cc2F)O3)CO1. The van der Waals surface area contributed by atoms with Crippen LogP contribution in [0.4, 0.5) is 8.78 Å². The maximum absolute atomic E-state index is 14.4. The molecule has 4 nitrogen and oxygen atoms in total. The second-order valence-electron chi connectivity index (χ2n) is 6.47. The van der Waals surface area contributed by atoms with Crippen molar-refractivity contribution in [3.63, 3.8) is 0 Å². The molecule has 0 fully saturated rings. The number of ether oxygens (including phenoxy) is 4. The van der Waals surface area contributed by atoms with Gasteiger partial charge in [0.05, 0.1) is 6.61 Å². The summed E-state index contributed by atoms with van der Waals surface area (Å²) >= 11 is 5.72. The van der Waals surface area contributed by atoms with Crippen LogP contribution in [0.1, 0.15) is 24.5 Å². The van der Waals surface area contributed by atoms with Crippen LogP contribution in [0.3, 0.4) is 0 Å². The van der Waals surface area contributed by atoms with Gasteiger partial charge in [-0.15, -0.1) is 0 Å². The van der Waals surface area contributed by atoms with Crippen LogP contribution in [-0.4, -0.2) is 20.0 Å². The third-order valence-corrected chi connectivity index (χ3v) is 4.85. The van der Waals surface area contributed by atoms with E-state index < -0.39 is 17.4 Å². The normalized spacial score (nSPS) is 24.0. The van der Waals surface area contributed by atoms with Gasteiger partial charge in [-0.05, 0) is 23.8 Å². The molecule has 0 saturated heterocycles. The van der Waals surface area contributed by atoms with Crippen molar-refractivity contribution >= 4 is 17.2 Å². The fourth-order valence-electron chi connectivity index (χ4n) is 3.36. The van der Waals surface area contributed by atoms with Crippen molar-refractivity contribution in [2.45, 2.75) is 25.4 Å². The van der Waals surface area contributed by atoms with Crippen LogP contribution >= 0.6 is 11.6 Å². The maximum atomic E-state index is 14.4. The summed E-state index contributed by atoms with van der Waals surface area (Å²) in [6.45, 7) is 1.80. The van der Waals surface area contributed by atoms with Gasteiger partial charge in [0.2, 0.25) is 0 Å². The van der Waals surface area contributed by atoms with Crippen LogP contribution in [0.25, 0.3) is 5.57 Å². The third-order valence-electron chi connectivity index (χ3n) is 4.63. The number of fused-ring (bicyclic) bond motifs is 1. The largest absolute Gasteiger partial charge is 0.444 e. The average molecular weight is 395 g/mol. The Morgan fingerprint density at radius 3 is 2.56 bits per heavy atom. The number of hydrogen-bond acceptors (Lipinski definition) is 4. The highest BCUT2D eigenvalue weighted by atomic mass is 35.5. The van der Waals surface area contributed by atoms with E-state index in [1.54, 1.807) is 19.2 Å². The van der Waals surface area contributed by atoms with Crippen LogP contribution < -0.4 is 9.47 Å². The van der Waals surface area contributed by atoms with E-state index in [-0.39, 0.29) is 16.9 Å². The minimum atomic E-state index is -1.65. The van der Waals surface area contributed by atoms with Gasteiger partial charge in [0.1, 0.15) is 17.2 Å². The lowest BCUT2D eigenvalue weighted by Crippen LogP contribution is -2.34. The van der Waals surface area contributed by atoms with E-state index in [1.807, 2.05) is 12.1 Å². The first-order valence-corrected chi connectivity index (χ1v) is 8.79. The van der Waals surface area contributed by atoms with Gasteiger partial charge in [0, 0.05) is 31.0 Å². The van der Waals surface area contributed by atoms with E-state index in [0.717, 1.165) is 23.3 Å². The van der Waals surface area contributed by atoms with Gasteiger partial charge < -0.3 is 18.9 Å². The highest BCUT2D eigenvalue weighted by molar-refractivity contribution is 6.30. The second-order valence-corrected chi connectivity index (χ2v) is 6.90. The first-order chi connectivity index (χ1) is 12.9. The van der Waals surface area contributed by atoms with Crippen molar-refractivity contribution in [2.75, 3.05) is 13.7 Å². The molecule has 2 aromatic rings. The molecule has 27 heavy (non-hydrogen) atoms. The molecule has 4 rings (SSSR count). The molecule has 142 valence electrons. The van der Waals surface area contributed by atoms with Crippen LogP contribution in [0.2, 0.25) is 5.02 Å². The smallest absolute Gasteiger partial charge is 0.281 e. The zero-order valence-electron chi connectivity index (χ0n) is 14.7. The van der Waals surface area contributed by atoms with E-state index in [1.165, 1.54) is 6.92 Å². The molecular weight excluding hydrogens is 378 g/mol. The summed E-state index contributed by atoms with van der Waals surface area (Å²) in [5, 5.41) is -0.0363. The topological polar surface area (TPSA) is 36.9 Å². The number of benzene rings is 2. The molecule has 0 amide bonds. The summed E-state index contributed by atoms with van der Waals surface area (Å²) in [4.78, 5) is 0. The molecule has 2 atom stereocenters. The Hall–Kier alpha value is -2.15. The van der Waals surface area contributed by atoms with Crippen molar-refractivity contribution in [3.05, 3.63) is 64.2 Å². The first kappa shape index (κ1) is 18.2. The Morgan fingerprint density at radius 2 is 1.93 bits per heavy atom. The molecule has 0 N–H and O–H groups in total. The van der Waals surface area contributed by atoms with Gasteiger partial charge in [-0.25, -0.2) is 8.78 Å². The summed E-state index contributed by atoms with van der Waals surface area (Å²) in [5.41, 5.74) is 1.31. The summed E-state index contributed by atoms with van der Waals surface area (Å²) < 4.78 is 51.4. The van der Waals surface area contributed by atoms with Gasteiger partial charge in [0.15, 0.2) is 17.8 Å². The first-order valence-electron chi connectivity index (χ1n) is 8.41. The standard InChI is InChI=1S/C20H17ClF2O4/c1-20(18-14(22)8-12(21)9-15(18)23)26-16-5-3-4-13(19(16)27-20)11-6-7-17(24-2)25-10-11/h3-6,8-9,17H,7,10H2,1-2H3. The Kier molecular flexibility index (Phi) is 4.58. The van der Waals surface area contributed by atoms with Crippen molar-refractivity contribution in [3.8, 4) is 11.5 Å². The third kappa shape index (κ3) is 3.18. The monoisotopic (exact) mass is 394 g/mol. The Morgan fingerprint density at radius 1 is 1.19 bits per heavy atom. The fourth-order valence-corrected chi connectivity index (χ4v) is 3.55. The molecule has 2 heterocycles. The summed E-state index contributed by atoms with van der Waals surface area (Å²) in [6, 6.07) is 7.40. The van der Waals surface area contributed by atoms with Crippen LogP contribution in [0, 0.1) is 11.6 Å². The quantitative estimate of drug-likeness (QED) is 0.731. The lowest BCUT2D eigenvalue weighted by molar-refractivity contribution is -0.114. The molecule has 0 bridgehead atoms. The van der Waals surface area contributed by atoms with Crippen molar-refractivity contribution in [1.82, 2.24) is 0 Å². The molecular formula is C20H17ClF2O4. The van der Waals surface area contributed by atoms with Crippen molar-refractivity contribution < 1.29 is 27.7 Å². The predicted octanol–water partition coefficient (Wildman–Crippen LogP) is 5.04. The lowest BCUT2D eigenvalue weighted by Gasteiger charge is -2.25. The van der Waals surface area contributed by atoms with Crippen LogP contribution in [0.5, 0.6) is 11.5 Å². The molecule has 2 unspecified atom stereocenters. The number of rotatable bonds is 3. The number of hydrogen-bond donors (Lipinski definition) is 0. The zero-order valence-corrected chi connectivity index (χ0v) is 15.5. The molecule has 2 aliphatic heterocycles. The zero-order chi connectivity index (χ0) is 19.2. The number of methoxy groups -OCH3 is 1. The van der Waals surface area contributed by atoms with Gasteiger partial charge in [-0.1, -0.05) is 29.8 Å². The second kappa shape index (κ2) is 6.78. The van der Waals surface area contributed by atoms with Gasteiger partial charge in [-0.3, -0.25) is 0 Å². The summed E-state index contributed by atoms with van der Waals surface area (Å²) in [7, 11) is 1.58. The highest BCUT2D eigenvalue weighted by Gasteiger charge is 2.44. The molecule has 2 aromatic carbocycles. The van der Waals surface area contributed by atoms with E-state index in [2.05, 4.69) is 0 Å².